The Morgan fingerprint density at radius 2 is 2.20 bits per heavy atom. The average Bonchev–Trinajstić information content (AvgIpc) is 2.16. The molecule has 1 aliphatic heterocycles. The second kappa shape index (κ2) is 3.46. The second-order valence-electron chi connectivity index (χ2n) is 4.56. The van der Waals surface area contributed by atoms with Gasteiger partial charge in [-0.15, -0.1) is 0 Å². The van der Waals surface area contributed by atoms with Crippen molar-refractivity contribution in [2.75, 3.05) is 6.61 Å². The van der Waals surface area contributed by atoms with E-state index < -0.39 is 0 Å². The van der Waals surface area contributed by atoms with Gasteiger partial charge in [0, 0.05) is 17.0 Å². The van der Waals surface area contributed by atoms with Gasteiger partial charge in [0.15, 0.2) is 0 Å². The Morgan fingerprint density at radius 3 is 2.87 bits per heavy atom. The zero-order chi connectivity index (χ0) is 11.2. The molecule has 0 spiro atoms. The van der Waals surface area contributed by atoms with Crippen LogP contribution >= 0.6 is 15.9 Å². The number of ether oxygens (including phenoxy) is 1. The smallest absolute Gasteiger partial charge is 0.137 e. The molecule has 1 aliphatic rings. The van der Waals surface area contributed by atoms with E-state index >= 15 is 0 Å². The summed E-state index contributed by atoms with van der Waals surface area (Å²) in [4.78, 5) is 0. The number of hydrogen-bond acceptors (Lipinski definition) is 2. The van der Waals surface area contributed by atoms with Crippen LogP contribution < -0.4 is 10.5 Å². The van der Waals surface area contributed by atoms with Gasteiger partial charge in [-0.3, -0.25) is 0 Å². The molecular weight excluding hydrogens is 261 g/mol. The monoisotopic (exact) mass is 273 g/mol. The number of nitrogens with two attached hydrogens (primary N) is 1. The van der Waals surface area contributed by atoms with Gasteiger partial charge in [-0.2, -0.15) is 0 Å². The third kappa shape index (κ3) is 1.76. The Balaban J connectivity index is 2.52. The van der Waals surface area contributed by atoms with Crippen molar-refractivity contribution in [3.8, 4) is 5.75 Å². The van der Waals surface area contributed by atoms with Crippen molar-refractivity contribution in [3.05, 3.63) is 28.0 Å². The lowest BCUT2D eigenvalue weighted by Crippen LogP contribution is -2.38. The summed E-state index contributed by atoms with van der Waals surface area (Å²) in [6.07, 6.45) is 0. The van der Waals surface area contributed by atoms with Gasteiger partial charge in [0.05, 0.1) is 11.1 Å². The highest BCUT2D eigenvalue weighted by Gasteiger charge is 2.35. The molecule has 0 aliphatic carbocycles. The fourth-order valence-electron chi connectivity index (χ4n) is 1.69. The third-order valence-corrected chi connectivity index (χ3v) is 3.44. The molecule has 1 heterocycles. The van der Waals surface area contributed by atoms with Crippen LogP contribution in [0.15, 0.2) is 16.6 Å². The lowest BCUT2D eigenvalue weighted by Gasteiger charge is -2.37. The van der Waals surface area contributed by atoms with Crippen LogP contribution in [-0.4, -0.2) is 6.61 Å². The minimum absolute atomic E-state index is 0.159. The Hall–Kier alpha value is -0.610. The molecule has 4 heteroatoms. The standard InChI is InChI=1S/C11H13BrFNO/c1-11(2)5-15-9-4-7(12)8(13)3-6(9)10(11)14/h3-4,10H,5,14H2,1-2H3. The van der Waals surface area contributed by atoms with Gasteiger partial charge < -0.3 is 10.5 Å². The predicted octanol–water partition coefficient (Wildman–Crippen LogP) is 3.01. The van der Waals surface area contributed by atoms with Crippen LogP contribution in [0.25, 0.3) is 0 Å². The Labute approximate surface area is 96.7 Å². The molecule has 82 valence electrons. The molecule has 0 radical (unpaired) electrons. The van der Waals surface area contributed by atoms with Gasteiger partial charge in [-0.1, -0.05) is 13.8 Å². The van der Waals surface area contributed by atoms with E-state index in [1.54, 1.807) is 6.07 Å². The lowest BCUT2D eigenvalue weighted by atomic mass is 9.80. The first-order valence-electron chi connectivity index (χ1n) is 4.79. The predicted molar refractivity (Wildman–Crippen MR) is 60.3 cm³/mol. The zero-order valence-electron chi connectivity index (χ0n) is 8.68. The molecule has 2 rings (SSSR count). The summed E-state index contributed by atoms with van der Waals surface area (Å²) < 4.78 is 19.4. The summed E-state index contributed by atoms with van der Waals surface area (Å²) in [6.45, 7) is 4.58. The number of hydrogen-bond donors (Lipinski definition) is 1. The van der Waals surface area contributed by atoms with Gasteiger partial charge in [0.2, 0.25) is 0 Å². The molecule has 15 heavy (non-hydrogen) atoms. The molecule has 0 aromatic heterocycles. The molecule has 1 unspecified atom stereocenters. The van der Waals surface area contributed by atoms with Crippen LogP contribution in [0.1, 0.15) is 25.5 Å². The maximum atomic E-state index is 13.4. The first-order valence-corrected chi connectivity index (χ1v) is 5.58. The molecule has 2 N–H and O–H groups in total. The molecule has 0 saturated carbocycles. The molecule has 0 amide bonds. The average molecular weight is 274 g/mol. The number of fused-ring (bicyclic) bond motifs is 1. The van der Waals surface area contributed by atoms with Crippen LogP contribution in [0.4, 0.5) is 4.39 Å². The second-order valence-corrected chi connectivity index (χ2v) is 5.41. The minimum Gasteiger partial charge on any atom is -0.493 e. The van der Waals surface area contributed by atoms with Crippen LogP contribution in [0.2, 0.25) is 0 Å². The minimum atomic E-state index is -0.300. The van der Waals surface area contributed by atoms with E-state index in [4.69, 9.17) is 10.5 Å². The van der Waals surface area contributed by atoms with Gasteiger partial charge in [0.25, 0.3) is 0 Å². The molecule has 0 saturated heterocycles. The SMILES string of the molecule is CC1(C)COc2cc(Br)c(F)cc2C1N. The lowest BCUT2D eigenvalue weighted by molar-refractivity contribution is 0.122. The first kappa shape index (κ1) is 10.9. The van der Waals surface area contributed by atoms with E-state index in [2.05, 4.69) is 15.9 Å². The van der Waals surface area contributed by atoms with E-state index in [9.17, 15) is 4.39 Å². The molecular formula is C11H13BrFNO. The first-order chi connectivity index (χ1) is 6.92. The molecule has 0 bridgehead atoms. The Morgan fingerprint density at radius 1 is 1.53 bits per heavy atom. The molecule has 0 fully saturated rings. The van der Waals surface area contributed by atoms with Crippen molar-refractivity contribution in [2.24, 2.45) is 11.1 Å². The van der Waals surface area contributed by atoms with E-state index in [1.807, 2.05) is 13.8 Å². The van der Waals surface area contributed by atoms with Crippen molar-refractivity contribution < 1.29 is 9.13 Å². The van der Waals surface area contributed by atoms with Crippen LogP contribution in [-0.2, 0) is 0 Å². The van der Waals surface area contributed by atoms with Gasteiger partial charge in [0.1, 0.15) is 11.6 Å². The quantitative estimate of drug-likeness (QED) is 0.789. The molecule has 1 atom stereocenters. The molecule has 1 aromatic carbocycles. The van der Waals surface area contributed by atoms with E-state index in [0.717, 1.165) is 5.56 Å². The van der Waals surface area contributed by atoms with Crippen molar-refractivity contribution in [1.29, 1.82) is 0 Å². The molecule has 1 aromatic rings. The van der Waals surface area contributed by atoms with Crippen molar-refractivity contribution in [1.82, 2.24) is 0 Å². The van der Waals surface area contributed by atoms with Crippen molar-refractivity contribution >= 4 is 15.9 Å². The Bertz CT molecular complexity index is 406. The fraction of sp³-hybridized carbons (Fsp3) is 0.455. The number of halogens is 2. The zero-order valence-corrected chi connectivity index (χ0v) is 10.3. The highest BCUT2D eigenvalue weighted by molar-refractivity contribution is 9.10. The van der Waals surface area contributed by atoms with Gasteiger partial charge in [-0.25, -0.2) is 4.39 Å². The summed E-state index contributed by atoms with van der Waals surface area (Å²) in [5.41, 5.74) is 6.66. The summed E-state index contributed by atoms with van der Waals surface area (Å²) in [5, 5.41) is 0. The summed E-state index contributed by atoms with van der Waals surface area (Å²) in [7, 11) is 0. The highest BCUT2D eigenvalue weighted by Crippen LogP contribution is 2.42. The van der Waals surface area contributed by atoms with Crippen LogP contribution in [0.5, 0.6) is 5.75 Å². The van der Waals surface area contributed by atoms with Gasteiger partial charge in [-0.05, 0) is 28.1 Å². The molecule has 2 nitrogen and oxygen atoms in total. The highest BCUT2D eigenvalue weighted by atomic mass is 79.9. The fourth-order valence-corrected chi connectivity index (χ4v) is 2.01. The van der Waals surface area contributed by atoms with E-state index in [1.165, 1.54) is 6.07 Å². The van der Waals surface area contributed by atoms with Crippen LogP contribution in [0.3, 0.4) is 0 Å². The summed E-state index contributed by atoms with van der Waals surface area (Å²) in [6, 6.07) is 2.90. The largest absolute Gasteiger partial charge is 0.493 e. The summed E-state index contributed by atoms with van der Waals surface area (Å²) in [5.74, 6) is 0.376. The maximum absolute atomic E-state index is 13.4. The van der Waals surface area contributed by atoms with Crippen molar-refractivity contribution in [3.63, 3.8) is 0 Å². The number of benzene rings is 1. The normalized spacial score (nSPS) is 23.1. The van der Waals surface area contributed by atoms with Crippen LogP contribution in [0, 0.1) is 11.2 Å². The van der Waals surface area contributed by atoms with Crippen molar-refractivity contribution in [2.45, 2.75) is 19.9 Å². The topological polar surface area (TPSA) is 35.2 Å². The maximum Gasteiger partial charge on any atom is 0.137 e. The Kier molecular flexibility index (Phi) is 2.51. The van der Waals surface area contributed by atoms with E-state index in [-0.39, 0.29) is 17.3 Å². The van der Waals surface area contributed by atoms with Gasteiger partial charge >= 0.3 is 0 Å². The number of rotatable bonds is 0. The summed E-state index contributed by atoms with van der Waals surface area (Å²) >= 11 is 3.13. The third-order valence-electron chi connectivity index (χ3n) is 2.83. The van der Waals surface area contributed by atoms with E-state index in [0.29, 0.717) is 16.8 Å².